The zero-order valence-corrected chi connectivity index (χ0v) is 10.4. The summed E-state index contributed by atoms with van der Waals surface area (Å²) in [4.78, 5) is 27.7. The number of hydrogen-bond donors (Lipinski definition) is 0. The molecule has 0 atom stereocenters. The standard InChI is InChI=1S/C12H18N4O2/c17-12(16-7-3-4-8-16)5-1-2-6-15-9-11(14-18)13-10-15/h9-10H,1-8H2. The molecule has 0 aromatic carbocycles. The van der Waals surface area contributed by atoms with E-state index in [1.807, 2.05) is 9.47 Å². The smallest absolute Gasteiger partial charge is 0.222 e. The van der Waals surface area contributed by atoms with Gasteiger partial charge >= 0.3 is 0 Å². The van der Waals surface area contributed by atoms with Crippen molar-refractivity contribution in [3.05, 3.63) is 17.4 Å². The van der Waals surface area contributed by atoms with Gasteiger partial charge in [-0.15, -0.1) is 4.91 Å². The van der Waals surface area contributed by atoms with Crippen LogP contribution in [0.15, 0.2) is 17.7 Å². The van der Waals surface area contributed by atoms with Gasteiger partial charge in [-0.3, -0.25) is 4.79 Å². The normalized spacial score (nSPS) is 15.0. The molecule has 2 rings (SSSR count). The molecule has 0 unspecified atom stereocenters. The Kier molecular flexibility index (Phi) is 4.44. The first-order chi connectivity index (χ1) is 8.79. The molecule has 0 saturated carbocycles. The third kappa shape index (κ3) is 3.38. The Balaban J connectivity index is 1.63. The third-order valence-corrected chi connectivity index (χ3v) is 3.23. The molecule has 1 saturated heterocycles. The fourth-order valence-corrected chi connectivity index (χ4v) is 2.21. The molecule has 0 aliphatic carbocycles. The monoisotopic (exact) mass is 250 g/mol. The Bertz CT molecular complexity index is 410. The van der Waals surface area contributed by atoms with Crippen LogP contribution in [0.4, 0.5) is 5.82 Å². The second-order valence-electron chi connectivity index (χ2n) is 4.61. The fourth-order valence-electron chi connectivity index (χ4n) is 2.21. The summed E-state index contributed by atoms with van der Waals surface area (Å²) in [6, 6.07) is 0. The van der Waals surface area contributed by atoms with Crippen LogP contribution in [0, 0.1) is 4.91 Å². The molecule has 1 aliphatic rings. The van der Waals surface area contributed by atoms with Crippen LogP contribution in [-0.4, -0.2) is 33.4 Å². The number of hydrogen-bond acceptors (Lipinski definition) is 4. The maximum absolute atomic E-state index is 11.8. The van der Waals surface area contributed by atoms with Gasteiger partial charge in [-0.1, -0.05) is 0 Å². The highest BCUT2D eigenvalue weighted by Crippen LogP contribution is 2.11. The van der Waals surface area contributed by atoms with Gasteiger partial charge in [-0.05, 0) is 30.9 Å². The van der Waals surface area contributed by atoms with E-state index in [0.29, 0.717) is 6.42 Å². The van der Waals surface area contributed by atoms with E-state index in [1.54, 1.807) is 12.5 Å². The SMILES string of the molecule is O=Nc1cn(CCCCC(=O)N2CCCC2)cn1. The molecule has 0 N–H and O–H groups in total. The lowest BCUT2D eigenvalue weighted by Crippen LogP contribution is -2.27. The highest BCUT2D eigenvalue weighted by atomic mass is 16.3. The van der Waals surface area contributed by atoms with Gasteiger partial charge in [0.2, 0.25) is 11.7 Å². The number of nitrogens with zero attached hydrogens (tertiary/aromatic N) is 4. The van der Waals surface area contributed by atoms with Crippen LogP contribution < -0.4 is 0 Å². The van der Waals surface area contributed by atoms with Crippen molar-refractivity contribution >= 4 is 11.7 Å². The van der Waals surface area contributed by atoms with E-state index in [2.05, 4.69) is 10.2 Å². The summed E-state index contributed by atoms with van der Waals surface area (Å²) < 4.78 is 1.83. The largest absolute Gasteiger partial charge is 0.343 e. The number of likely N-dealkylation sites (tertiary alicyclic amines) is 1. The molecule has 1 fully saturated rings. The van der Waals surface area contributed by atoms with Crippen molar-refractivity contribution in [3.63, 3.8) is 0 Å². The second-order valence-corrected chi connectivity index (χ2v) is 4.61. The number of rotatable bonds is 6. The first kappa shape index (κ1) is 12.7. The summed E-state index contributed by atoms with van der Waals surface area (Å²) in [5.41, 5.74) is 0. The second kappa shape index (κ2) is 6.28. The molecule has 0 spiro atoms. The Labute approximate surface area is 106 Å². The average Bonchev–Trinajstić information content (AvgIpc) is 3.05. The van der Waals surface area contributed by atoms with Crippen LogP contribution >= 0.6 is 0 Å². The molecule has 1 aliphatic heterocycles. The Morgan fingerprint density at radius 3 is 2.78 bits per heavy atom. The fraction of sp³-hybridized carbons (Fsp3) is 0.667. The molecule has 2 heterocycles. The van der Waals surface area contributed by atoms with Crippen LogP contribution in [0.1, 0.15) is 32.1 Å². The number of amides is 1. The van der Waals surface area contributed by atoms with Crippen LogP contribution in [-0.2, 0) is 11.3 Å². The van der Waals surface area contributed by atoms with E-state index in [4.69, 9.17) is 0 Å². The number of carbonyl (C=O) groups is 1. The van der Waals surface area contributed by atoms with Crippen molar-refractivity contribution in [3.8, 4) is 0 Å². The molecular formula is C12H18N4O2. The van der Waals surface area contributed by atoms with Crippen LogP contribution in [0.2, 0.25) is 0 Å². The lowest BCUT2D eigenvalue weighted by molar-refractivity contribution is -0.130. The van der Waals surface area contributed by atoms with Crippen molar-refractivity contribution < 1.29 is 4.79 Å². The van der Waals surface area contributed by atoms with Crippen molar-refractivity contribution in [2.24, 2.45) is 5.18 Å². The summed E-state index contributed by atoms with van der Waals surface area (Å²) in [6.45, 7) is 2.62. The first-order valence-electron chi connectivity index (χ1n) is 6.42. The molecule has 1 aromatic rings. The minimum atomic E-state index is 0.211. The Hall–Kier alpha value is -1.72. The number of carbonyl (C=O) groups excluding carboxylic acids is 1. The molecule has 1 aromatic heterocycles. The van der Waals surface area contributed by atoms with Crippen molar-refractivity contribution in [1.29, 1.82) is 0 Å². The van der Waals surface area contributed by atoms with Crippen molar-refractivity contribution in [2.45, 2.75) is 38.6 Å². The van der Waals surface area contributed by atoms with Gasteiger partial charge in [0.1, 0.15) is 0 Å². The van der Waals surface area contributed by atoms with Crippen LogP contribution in [0.5, 0.6) is 0 Å². The van der Waals surface area contributed by atoms with Gasteiger partial charge in [0.25, 0.3) is 0 Å². The topological polar surface area (TPSA) is 67.6 Å². The summed E-state index contributed by atoms with van der Waals surface area (Å²) in [5.74, 6) is 0.483. The van der Waals surface area contributed by atoms with Crippen LogP contribution in [0.3, 0.4) is 0 Å². The number of nitroso groups, excluding NO2 is 1. The third-order valence-electron chi connectivity index (χ3n) is 3.23. The van der Waals surface area contributed by atoms with Crippen molar-refractivity contribution in [1.82, 2.24) is 14.5 Å². The minimum absolute atomic E-state index is 0.211. The van der Waals surface area contributed by atoms with E-state index in [-0.39, 0.29) is 11.7 Å². The van der Waals surface area contributed by atoms with Gasteiger partial charge in [0.15, 0.2) is 0 Å². The zero-order valence-electron chi connectivity index (χ0n) is 10.4. The maximum Gasteiger partial charge on any atom is 0.222 e. The quantitative estimate of drug-likeness (QED) is 0.573. The Morgan fingerprint density at radius 2 is 2.11 bits per heavy atom. The Morgan fingerprint density at radius 1 is 1.33 bits per heavy atom. The van der Waals surface area contributed by atoms with Gasteiger partial charge in [-0.2, -0.15) is 0 Å². The lowest BCUT2D eigenvalue weighted by atomic mass is 10.2. The predicted octanol–water partition coefficient (Wildman–Crippen LogP) is 2.07. The lowest BCUT2D eigenvalue weighted by Gasteiger charge is -2.14. The highest BCUT2D eigenvalue weighted by Gasteiger charge is 2.16. The molecule has 6 nitrogen and oxygen atoms in total. The van der Waals surface area contributed by atoms with E-state index in [9.17, 15) is 9.70 Å². The highest BCUT2D eigenvalue weighted by molar-refractivity contribution is 5.76. The predicted molar refractivity (Wildman–Crippen MR) is 67.3 cm³/mol. The summed E-state index contributed by atoms with van der Waals surface area (Å²) in [6.07, 6.45) is 7.90. The molecule has 0 radical (unpaired) electrons. The summed E-state index contributed by atoms with van der Waals surface area (Å²) in [7, 11) is 0. The number of aromatic nitrogens is 2. The maximum atomic E-state index is 11.8. The number of imidazole rings is 1. The van der Waals surface area contributed by atoms with E-state index in [0.717, 1.165) is 45.3 Å². The minimum Gasteiger partial charge on any atom is -0.343 e. The number of aryl methyl sites for hydroxylation is 1. The van der Waals surface area contributed by atoms with E-state index < -0.39 is 0 Å². The molecule has 0 bridgehead atoms. The molecule has 98 valence electrons. The van der Waals surface area contributed by atoms with Gasteiger partial charge in [-0.25, -0.2) is 4.98 Å². The molecule has 6 heteroatoms. The van der Waals surface area contributed by atoms with Gasteiger partial charge in [0, 0.05) is 26.1 Å². The van der Waals surface area contributed by atoms with Crippen LogP contribution in [0.25, 0.3) is 0 Å². The molecule has 18 heavy (non-hydrogen) atoms. The summed E-state index contributed by atoms with van der Waals surface area (Å²) >= 11 is 0. The van der Waals surface area contributed by atoms with E-state index >= 15 is 0 Å². The van der Waals surface area contributed by atoms with Crippen molar-refractivity contribution in [2.75, 3.05) is 13.1 Å². The van der Waals surface area contributed by atoms with Gasteiger partial charge in [0.05, 0.1) is 12.5 Å². The first-order valence-corrected chi connectivity index (χ1v) is 6.42. The molecule has 1 amide bonds. The zero-order chi connectivity index (χ0) is 12.8. The molecular weight excluding hydrogens is 232 g/mol. The summed E-state index contributed by atoms with van der Waals surface area (Å²) in [5, 5.41) is 2.76. The number of unbranched alkanes of at least 4 members (excludes halogenated alkanes) is 1. The average molecular weight is 250 g/mol. The van der Waals surface area contributed by atoms with Gasteiger partial charge < -0.3 is 9.47 Å². The van der Waals surface area contributed by atoms with E-state index in [1.165, 1.54) is 0 Å².